The predicted octanol–water partition coefficient (Wildman–Crippen LogP) is 4.50. The Labute approximate surface area is 248 Å². The van der Waals surface area contributed by atoms with Crippen LogP contribution < -0.4 is 16.0 Å². The van der Waals surface area contributed by atoms with Crippen LogP contribution in [0.25, 0.3) is 5.65 Å². The summed E-state index contributed by atoms with van der Waals surface area (Å²) < 4.78 is 7.22. The second kappa shape index (κ2) is 11.6. The maximum Gasteiger partial charge on any atom is 0.407 e. The first-order valence-electron chi connectivity index (χ1n) is 15.1. The number of nitrogens with two attached hydrogens (primary N) is 1. The number of rotatable bonds is 6. The van der Waals surface area contributed by atoms with E-state index < -0.39 is 17.1 Å². The fraction of sp³-hybridized carbons (Fsp3) is 0.562. The number of amides is 2. The summed E-state index contributed by atoms with van der Waals surface area (Å²) >= 11 is 0. The van der Waals surface area contributed by atoms with E-state index in [9.17, 15) is 9.59 Å². The molecule has 226 valence electrons. The maximum absolute atomic E-state index is 14.2. The molecule has 1 saturated heterocycles. The number of carbonyl (C=O) groups excluding carboxylic acids is 2. The Morgan fingerprint density at radius 1 is 1.17 bits per heavy atom. The Hall–Kier alpha value is -3.66. The predicted molar refractivity (Wildman–Crippen MR) is 163 cm³/mol. The third kappa shape index (κ3) is 6.09. The summed E-state index contributed by atoms with van der Waals surface area (Å²) in [5.74, 6) is 0.983. The quantitative estimate of drug-likeness (QED) is 0.444. The van der Waals surface area contributed by atoms with Gasteiger partial charge in [0.1, 0.15) is 11.4 Å². The molecular weight excluding hydrogens is 530 g/mol. The molecule has 5 rings (SSSR count). The highest BCUT2D eigenvalue weighted by atomic mass is 16.6. The zero-order valence-electron chi connectivity index (χ0n) is 25.8. The molecule has 10 heteroatoms. The van der Waals surface area contributed by atoms with Crippen molar-refractivity contribution in [3.05, 3.63) is 59.4 Å². The Morgan fingerprint density at radius 3 is 2.52 bits per heavy atom. The minimum atomic E-state index is -0.582. The monoisotopic (exact) mass is 575 g/mol. The lowest BCUT2D eigenvalue weighted by atomic mass is 9.67. The summed E-state index contributed by atoms with van der Waals surface area (Å²) in [7, 11) is 1.88. The first kappa shape index (κ1) is 29.8. The topological polar surface area (TPSA) is 118 Å². The Morgan fingerprint density at radius 2 is 1.86 bits per heavy atom. The molecular formula is C32H45N7O3. The third-order valence-electron chi connectivity index (χ3n) is 8.78. The first-order valence-corrected chi connectivity index (χ1v) is 15.1. The summed E-state index contributed by atoms with van der Waals surface area (Å²) in [6.45, 7) is 11.1. The lowest BCUT2D eigenvalue weighted by Gasteiger charge is -2.42. The fourth-order valence-electron chi connectivity index (χ4n) is 6.32. The van der Waals surface area contributed by atoms with Crippen LogP contribution in [-0.4, -0.2) is 69.3 Å². The summed E-state index contributed by atoms with van der Waals surface area (Å²) in [5.41, 5.74) is 8.70. The number of fused-ring (bicyclic) bond motifs is 1. The summed E-state index contributed by atoms with van der Waals surface area (Å²) in [4.78, 5) is 35.5. The van der Waals surface area contributed by atoms with Gasteiger partial charge in [-0.15, -0.1) is 0 Å². The summed E-state index contributed by atoms with van der Waals surface area (Å²) in [5, 5.41) is 7.82. The average molecular weight is 576 g/mol. The fourth-order valence-corrected chi connectivity index (χ4v) is 6.32. The zero-order chi connectivity index (χ0) is 30.2. The van der Waals surface area contributed by atoms with Crippen LogP contribution in [0.4, 0.5) is 10.6 Å². The first-order chi connectivity index (χ1) is 19.9. The largest absolute Gasteiger partial charge is 0.444 e. The van der Waals surface area contributed by atoms with Crippen molar-refractivity contribution >= 4 is 23.5 Å². The van der Waals surface area contributed by atoms with Gasteiger partial charge in [-0.1, -0.05) is 30.3 Å². The third-order valence-corrected chi connectivity index (χ3v) is 8.78. The van der Waals surface area contributed by atoms with E-state index >= 15 is 0 Å². The molecule has 0 radical (unpaired) electrons. The molecule has 10 nitrogen and oxygen atoms in total. The number of benzene rings is 1. The van der Waals surface area contributed by atoms with Crippen LogP contribution in [-0.2, 0) is 14.9 Å². The van der Waals surface area contributed by atoms with Crippen LogP contribution >= 0.6 is 0 Å². The highest BCUT2D eigenvalue weighted by Crippen LogP contribution is 2.42. The van der Waals surface area contributed by atoms with Crippen molar-refractivity contribution in [2.24, 2.45) is 5.73 Å². The van der Waals surface area contributed by atoms with Gasteiger partial charge in [0.25, 0.3) is 0 Å². The zero-order valence-corrected chi connectivity index (χ0v) is 25.8. The van der Waals surface area contributed by atoms with Gasteiger partial charge in [0.2, 0.25) is 5.91 Å². The number of alkyl carbamates (subject to hydrolysis) is 1. The van der Waals surface area contributed by atoms with Gasteiger partial charge >= 0.3 is 6.09 Å². The number of aromatic nitrogens is 3. The van der Waals surface area contributed by atoms with Crippen molar-refractivity contribution in [2.75, 3.05) is 25.0 Å². The molecule has 2 fully saturated rings. The Kier molecular flexibility index (Phi) is 8.20. The van der Waals surface area contributed by atoms with E-state index in [4.69, 9.17) is 20.6 Å². The van der Waals surface area contributed by atoms with Crippen molar-refractivity contribution in [2.45, 2.75) is 95.9 Å². The lowest BCUT2D eigenvalue weighted by molar-refractivity contribution is -0.139. The Balaban J connectivity index is 1.33. The number of aryl methyl sites for hydroxylation is 1. The number of anilines is 1. The van der Waals surface area contributed by atoms with Crippen LogP contribution in [0.15, 0.2) is 42.6 Å². The number of carbonyl (C=O) groups is 2. The van der Waals surface area contributed by atoms with Crippen molar-refractivity contribution in [1.82, 2.24) is 24.8 Å². The normalized spacial score (nSPS) is 23.5. The van der Waals surface area contributed by atoms with Crippen LogP contribution in [0.3, 0.4) is 0 Å². The van der Waals surface area contributed by atoms with E-state index in [1.807, 2.05) is 77.0 Å². The maximum atomic E-state index is 14.2. The van der Waals surface area contributed by atoms with Gasteiger partial charge in [0.15, 0.2) is 5.65 Å². The van der Waals surface area contributed by atoms with Gasteiger partial charge in [0, 0.05) is 44.0 Å². The molecule has 2 amide bonds. The van der Waals surface area contributed by atoms with Gasteiger partial charge in [-0.2, -0.15) is 5.10 Å². The van der Waals surface area contributed by atoms with E-state index in [1.165, 1.54) is 0 Å². The molecule has 2 aliphatic rings. The molecule has 3 heterocycles. The van der Waals surface area contributed by atoms with Gasteiger partial charge in [0.05, 0.1) is 23.2 Å². The van der Waals surface area contributed by atoms with Gasteiger partial charge in [-0.05, 0) is 72.3 Å². The second-order valence-electron chi connectivity index (χ2n) is 13.1. The molecule has 0 bridgehead atoms. The van der Waals surface area contributed by atoms with E-state index in [1.54, 1.807) is 4.52 Å². The molecule has 0 spiro atoms. The number of ether oxygens (including phenoxy) is 1. The SMILES string of the molecule is Cc1cn2nc([C@H](C)N(C)C(=O)C3(c4ccccc4)CCC(N)CC3)cc2nc1N1CC[C@H](NC(=O)OC(C)(C)C)C1. The standard InChI is InChI=1S/C32H45N7O3/c1-21-19-39-27(35-28(21)38-17-14-25(20-38)34-30(41)42-31(3,4)5)18-26(36-39)22(2)37(6)29(40)32(15-12-24(33)13-16-32)23-10-8-7-9-11-23/h7-11,18-19,22,24-25H,12-17,20,33H2,1-6H3,(H,34,41)/t22-,24?,25-,32?/m0/s1. The molecule has 2 aromatic heterocycles. The molecule has 1 aromatic carbocycles. The molecule has 1 saturated carbocycles. The van der Waals surface area contributed by atoms with E-state index in [-0.39, 0.29) is 24.0 Å². The minimum Gasteiger partial charge on any atom is -0.444 e. The average Bonchev–Trinajstić information content (AvgIpc) is 3.58. The number of hydrogen-bond donors (Lipinski definition) is 2. The van der Waals surface area contributed by atoms with E-state index in [0.717, 1.165) is 66.9 Å². The number of hydrogen-bond acceptors (Lipinski definition) is 7. The van der Waals surface area contributed by atoms with Crippen molar-refractivity contribution in [3.8, 4) is 0 Å². The van der Waals surface area contributed by atoms with E-state index in [2.05, 4.69) is 22.3 Å². The molecule has 0 unspecified atom stereocenters. The highest BCUT2D eigenvalue weighted by molar-refractivity contribution is 5.88. The second-order valence-corrected chi connectivity index (χ2v) is 13.1. The summed E-state index contributed by atoms with van der Waals surface area (Å²) in [6.07, 6.45) is 5.53. The molecule has 1 aliphatic carbocycles. The summed E-state index contributed by atoms with van der Waals surface area (Å²) in [6, 6.07) is 12.0. The Bertz CT molecular complexity index is 1420. The van der Waals surface area contributed by atoms with Crippen LogP contribution in [0.1, 0.15) is 82.7 Å². The molecule has 3 aromatic rings. The molecule has 1 aliphatic heterocycles. The van der Waals surface area contributed by atoms with Gasteiger partial charge in [-0.3, -0.25) is 4.79 Å². The lowest BCUT2D eigenvalue weighted by Crippen LogP contribution is -2.49. The molecule has 42 heavy (non-hydrogen) atoms. The van der Waals surface area contributed by atoms with Crippen molar-refractivity contribution < 1.29 is 14.3 Å². The molecule has 2 atom stereocenters. The van der Waals surface area contributed by atoms with Gasteiger partial charge < -0.3 is 25.6 Å². The highest BCUT2D eigenvalue weighted by Gasteiger charge is 2.45. The number of nitrogens with zero attached hydrogens (tertiary/aromatic N) is 5. The van der Waals surface area contributed by atoms with Crippen molar-refractivity contribution in [3.63, 3.8) is 0 Å². The van der Waals surface area contributed by atoms with Crippen LogP contribution in [0.5, 0.6) is 0 Å². The number of likely N-dealkylation sites (N-methyl/N-ethyl adjacent to an activating group) is 1. The van der Waals surface area contributed by atoms with Gasteiger partial charge in [-0.25, -0.2) is 14.3 Å². The van der Waals surface area contributed by atoms with E-state index in [0.29, 0.717) is 6.54 Å². The van der Waals surface area contributed by atoms with Crippen molar-refractivity contribution in [1.29, 1.82) is 0 Å². The van der Waals surface area contributed by atoms with Crippen LogP contribution in [0, 0.1) is 6.92 Å². The molecule has 3 N–H and O–H groups in total. The van der Waals surface area contributed by atoms with Crippen LogP contribution in [0.2, 0.25) is 0 Å². The minimum absolute atomic E-state index is 0.0105. The smallest absolute Gasteiger partial charge is 0.407 e. The number of nitrogens with one attached hydrogen (secondary N) is 1.